The molecule has 6 nitrogen and oxygen atoms in total. The van der Waals surface area contributed by atoms with E-state index < -0.39 is 12.1 Å². The van der Waals surface area contributed by atoms with Gasteiger partial charge in [-0.05, 0) is 48.6 Å². The van der Waals surface area contributed by atoms with Gasteiger partial charge in [0.2, 0.25) is 5.91 Å². The molecule has 4 rings (SSSR count). The van der Waals surface area contributed by atoms with Crippen molar-refractivity contribution in [2.75, 3.05) is 19.8 Å². The highest BCUT2D eigenvalue weighted by Crippen LogP contribution is 2.42. The van der Waals surface area contributed by atoms with Gasteiger partial charge in [0.1, 0.15) is 19.3 Å². The van der Waals surface area contributed by atoms with Gasteiger partial charge in [-0.3, -0.25) is 4.79 Å². The van der Waals surface area contributed by atoms with Crippen molar-refractivity contribution in [3.05, 3.63) is 53.6 Å². The molecule has 2 aromatic rings. The topological polar surface area (TPSA) is 71.0 Å². The number of hydrogen-bond donors (Lipinski definition) is 2. The van der Waals surface area contributed by atoms with Gasteiger partial charge in [-0.25, -0.2) is 4.31 Å². The second kappa shape index (κ2) is 8.65. The van der Waals surface area contributed by atoms with Crippen LogP contribution in [0.2, 0.25) is 0 Å². The molecular formula is C22H26N2O4S. The molecule has 0 radical (unpaired) electrons. The summed E-state index contributed by atoms with van der Waals surface area (Å²) in [5, 5.41) is 13.6. The van der Waals surface area contributed by atoms with Crippen LogP contribution in [-0.2, 0) is 11.2 Å². The van der Waals surface area contributed by atoms with E-state index >= 15 is 0 Å². The lowest BCUT2D eigenvalue weighted by atomic mass is 10.0. The molecule has 2 heterocycles. The summed E-state index contributed by atoms with van der Waals surface area (Å²) in [6.07, 6.45) is -0.163. The van der Waals surface area contributed by atoms with Crippen LogP contribution in [0.15, 0.2) is 47.4 Å². The van der Waals surface area contributed by atoms with Crippen LogP contribution in [0, 0.1) is 0 Å². The minimum Gasteiger partial charge on any atom is -0.486 e. The van der Waals surface area contributed by atoms with Gasteiger partial charge in [0, 0.05) is 11.4 Å². The Morgan fingerprint density at radius 1 is 1.24 bits per heavy atom. The van der Waals surface area contributed by atoms with E-state index in [1.54, 1.807) is 11.9 Å². The number of amides is 1. The smallest absolute Gasteiger partial charge is 0.238 e. The first-order valence-corrected chi connectivity index (χ1v) is 10.7. The Hall–Kier alpha value is -2.22. The molecular weight excluding hydrogens is 388 g/mol. The number of nitrogens with one attached hydrogen (secondary N) is 1. The minimum atomic E-state index is -0.753. The average molecular weight is 415 g/mol. The van der Waals surface area contributed by atoms with Crippen molar-refractivity contribution < 1.29 is 19.4 Å². The molecule has 0 fully saturated rings. The molecule has 2 aliphatic heterocycles. The molecule has 2 aliphatic rings. The fourth-order valence-electron chi connectivity index (χ4n) is 3.70. The molecule has 154 valence electrons. The molecule has 0 saturated carbocycles. The molecule has 0 saturated heterocycles. The van der Waals surface area contributed by atoms with Crippen molar-refractivity contribution >= 4 is 17.9 Å². The maximum absolute atomic E-state index is 13.1. The van der Waals surface area contributed by atoms with Gasteiger partial charge in [-0.2, -0.15) is 0 Å². The molecule has 0 bridgehead atoms. The van der Waals surface area contributed by atoms with E-state index in [0.29, 0.717) is 19.6 Å². The second-order valence-corrected chi connectivity index (χ2v) is 8.39. The van der Waals surface area contributed by atoms with Gasteiger partial charge in [0.15, 0.2) is 11.5 Å². The lowest BCUT2D eigenvalue weighted by molar-refractivity contribution is -0.126. The zero-order valence-corrected chi connectivity index (χ0v) is 17.4. The fourth-order valence-corrected chi connectivity index (χ4v) is 4.80. The third kappa shape index (κ3) is 4.22. The Labute approximate surface area is 175 Å². The van der Waals surface area contributed by atoms with Crippen LogP contribution >= 0.6 is 11.9 Å². The number of carbonyl (C=O) groups is 1. The highest BCUT2D eigenvalue weighted by molar-refractivity contribution is 7.97. The van der Waals surface area contributed by atoms with Crippen LogP contribution < -0.4 is 14.8 Å². The minimum absolute atomic E-state index is 0.0811. The number of rotatable bonds is 5. The summed E-state index contributed by atoms with van der Waals surface area (Å²) in [6.45, 7) is 5.70. The number of fused-ring (bicyclic) bond motifs is 2. The molecule has 0 spiro atoms. The van der Waals surface area contributed by atoms with Gasteiger partial charge in [-0.1, -0.05) is 37.3 Å². The Morgan fingerprint density at radius 2 is 1.93 bits per heavy atom. The SMILES string of the molecule is CCN1Sc2cc3c(cc2CC1C(=O)N[C@@H](C)C(O)c1ccccc1)OCCO3. The lowest BCUT2D eigenvalue weighted by Crippen LogP contribution is -2.50. The van der Waals surface area contributed by atoms with Gasteiger partial charge < -0.3 is 19.9 Å². The maximum atomic E-state index is 13.1. The highest BCUT2D eigenvalue weighted by atomic mass is 32.2. The Kier molecular flexibility index (Phi) is 5.99. The Bertz CT molecular complexity index is 877. The standard InChI is InChI=1S/C22H26N2O4S/c1-3-24-17(22(26)23-14(2)21(25)15-7-5-4-6-8-15)11-16-12-18-19(13-20(16)29-24)28-10-9-27-18/h4-8,12-14,17,21,25H,3,9-11H2,1-2H3,(H,23,26)/t14-,17?,21?/m0/s1. The van der Waals surface area contributed by atoms with E-state index in [-0.39, 0.29) is 11.9 Å². The van der Waals surface area contributed by atoms with E-state index in [1.807, 2.05) is 56.3 Å². The second-order valence-electron chi connectivity index (χ2n) is 7.30. The third-order valence-electron chi connectivity index (χ3n) is 5.30. The fraction of sp³-hybridized carbons (Fsp3) is 0.409. The molecule has 7 heteroatoms. The molecule has 2 unspecified atom stereocenters. The van der Waals surface area contributed by atoms with Crippen LogP contribution in [-0.4, -0.2) is 47.2 Å². The summed E-state index contributed by atoms with van der Waals surface area (Å²) >= 11 is 1.57. The van der Waals surface area contributed by atoms with E-state index in [0.717, 1.165) is 34.1 Å². The Balaban J connectivity index is 1.49. The predicted molar refractivity (Wildman–Crippen MR) is 112 cm³/mol. The summed E-state index contributed by atoms with van der Waals surface area (Å²) < 4.78 is 13.5. The molecule has 29 heavy (non-hydrogen) atoms. The van der Waals surface area contributed by atoms with Gasteiger partial charge in [0.05, 0.1) is 12.1 Å². The molecule has 3 atom stereocenters. The third-order valence-corrected chi connectivity index (χ3v) is 6.62. The summed E-state index contributed by atoms with van der Waals surface area (Å²) in [6, 6.07) is 12.7. The van der Waals surface area contributed by atoms with Crippen molar-refractivity contribution in [2.24, 2.45) is 0 Å². The van der Waals surface area contributed by atoms with Crippen molar-refractivity contribution in [1.29, 1.82) is 0 Å². The summed E-state index contributed by atoms with van der Waals surface area (Å²) in [7, 11) is 0. The summed E-state index contributed by atoms with van der Waals surface area (Å²) in [4.78, 5) is 14.2. The average Bonchev–Trinajstić information content (AvgIpc) is 2.76. The Morgan fingerprint density at radius 3 is 2.62 bits per heavy atom. The number of aliphatic hydroxyl groups excluding tert-OH is 1. The number of carbonyl (C=O) groups excluding carboxylic acids is 1. The first-order valence-electron chi connectivity index (χ1n) is 9.97. The van der Waals surface area contributed by atoms with E-state index in [9.17, 15) is 9.90 Å². The lowest BCUT2D eigenvalue weighted by Gasteiger charge is -2.35. The van der Waals surface area contributed by atoms with Crippen LogP contribution in [0.3, 0.4) is 0 Å². The summed E-state index contributed by atoms with van der Waals surface area (Å²) in [5.41, 5.74) is 1.88. The number of likely N-dealkylation sites (N-methyl/N-ethyl adjacent to an activating group) is 1. The molecule has 2 N–H and O–H groups in total. The van der Waals surface area contributed by atoms with E-state index in [4.69, 9.17) is 9.47 Å². The van der Waals surface area contributed by atoms with E-state index in [1.165, 1.54) is 0 Å². The zero-order valence-electron chi connectivity index (χ0n) is 16.6. The van der Waals surface area contributed by atoms with Crippen LogP contribution in [0.1, 0.15) is 31.1 Å². The van der Waals surface area contributed by atoms with Crippen LogP contribution in [0.5, 0.6) is 11.5 Å². The van der Waals surface area contributed by atoms with Gasteiger partial charge in [0.25, 0.3) is 0 Å². The maximum Gasteiger partial charge on any atom is 0.238 e. The largest absolute Gasteiger partial charge is 0.486 e. The number of aliphatic hydroxyl groups is 1. The molecule has 2 aromatic carbocycles. The van der Waals surface area contributed by atoms with Crippen molar-refractivity contribution in [3.8, 4) is 11.5 Å². The van der Waals surface area contributed by atoms with Gasteiger partial charge >= 0.3 is 0 Å². The number of benzene rings is 2. The van der Waals surface area contributed by atoms with Crippen molar-refractivity contribution in [1.82, 2.24) is 9.62 Å². The first-order chi connectivity index (χ1) is 14.1. The number of ether oxygens (including phenoxy) is 2. The van der Waals surface area contributed by atoms with E-state index in [2.05, 4.69) is 9.62 Å². The van der Waals surface area contributed by atoms with Crippen molar-refractivity contribution in [2.45, 2.75) is 43.4 Å². The van der Waals surface area contributed by atoms with Crippen molar-refractivity contribution in [3.63, 3.8) is 0 Å². The molecule has 1 amide bonds. The highest BCUT2D eigenvalue weighted by Gasteiger charge is 2.34. The molecule has 0 aliphatic carbocycles. The summed E-state index contributed by atoms with van der Waals surface area (Å²) in [5.74, 6) is 1.43. The number of hydrogen-bond acceptors (Lipinski definition) is 6. The quantitative estimate of drug-likeness (QED) is 0.733. The van der Waals surface area contributed by atoms with Gasteiger partial charge in [-0.15, -0.1) is 0 Å². The normalized spacial score (nSPS) is 20.4. The van der Waals surface area contributed by atoms with Crippen LogP contribution in [0.25, 0.3) is 0 Å². The zero-order chi connectivity index (χ0) is 20.4. The van der Waals surface area contributed by atoms with Crippen LogP contribution in [0.4, 0.5) is 0 Å². The number of nitrogens with zero attached hydrogens (tertiary/aromatic N) is 1. The monoisotopic (exact) mass is 414 g/mol. The molecule has 0 aromatic heterocycles. The first kappa shape index (κ1) is 20.1. The predicted octanol–water partition coefficient (Wildman–Crippen LogP) is 2.95.